The average Bonchev–Trinajstić information content (AvgIpc) is 3.40. The van der Waals surface area contributed by atoms with Crippen molar-refractivity contribution < 1.29 is 14.1 Å². The van der Waals surface area contributed by atoms with Crippen LogP contribution >= 0.6 is 22.7 Å². The minimum Gasteiger partial charge on any atom is -0.359 e. The van der Waals surface area contributed by atoms with Crippen molar-refractivity contribution in [1.29, 1.82) is 0 Å². The van der Waals surface area contributed by atoms with Crippen LogP contribution in [0.5, 0.6) is 0 Å². The molecule has 0 unspecified atom stereocenters. The Morgan fingerprint density at radius 3 is 2.63 bits per heavy atom. The molecule has 0 spiro atoms. The molecule has 3 heterocycles. The zero-order valence-electron chi connectivity index (χ0n) is 15.2. The highest BCUT2D eigenvalue weighted by atomic mass is 32.1. The minimum atomic E-state index is -0.270. The molecule has 0 atom stereocenters. The third kappa shape index (κ3) is 5.27. The van der Waals surface area contributed by atoms with Crippen LogP contribution in [-0.4, -0.2) is 28.4 Å². The first kappa shape index (κ1) is 19.3. The topological polar surface area (TPSA) is 75.4 Å². The fourth-order valence-corrected chi connectivity index (χ4v) is 3.83. The molecule has 0 aliphatic carbocycles. The van der Waals surface area contributed by atoms with Crippen LogP contribution in [0.25, 0.3) is 0 Å². The van der Waals surface area contributed by atoms with Crippen LogP contribution in [0.2, 0.25) is 0 Å². The monoisotopic (exact) mass is 403 g/mol. The molecular formula is C19H21N3O3S2. The zero-order valence-corrected chi connectivity index (χ0v) is 16.8. The molecule has 8 heteroatoms. The Kier molecular flexibility index (Phi) is 6.41. The van der Waals surface area contributed by atoms with Gasteiger partial charge in [0.25, 0.3) is 11.8 Å². The summed E-state index contributed by atoms with van der Waals surface area (Å²) in [6.07, 6.45) is 0. The lowest BCUT2D eigenvalue weighted by molar-refractivity contribution is 0.0719. The lowest BCUT2D eigenvalue weighted by atomic mass is 10.2. The van der Waals surface area contributed by atoms with Gasteiger partial charge in [-0.25, -0.2) is 0 Å². The van der Waals surface area contributed by atoms with E-state index in [4.69, 9.17) is 4.52 Å². The van der Waals surface area contributed by atoms with Gasteiger partial charge in [0.1, 0.15) is 0 Å². The average molecular weight is 404 g/mol. The molecule has 0 bridgehead atoms. The second kappa shape index (κ2) is 8.96. The van der Waals surface area contributed by atoms with Crippen molar-refractivity contribution in [2.45, 2.75) is 26.9 Å². The van der Waals surface area contributed by atoms with Crippen molar-refractivity contribution in [3.05, 3.63) is 62.3 Å². The van der Waals surface area contributed by atoms with Gasteiger partial charge in [-0.1, -0.05) is 31.1 Å². The van der Waals surface area contributed by atoms with Crippen LogP contribution < -0.4 is 5.32 Å². The second-order valence-corrected chi connectivity index (χ2v) is 8.48. The molecule has 27 heavy (non-hydrogen) atoms. The largest absolute Gasteiger partial charge is 0.359 e. The predicted octanol–water partition coefficient (Wildman–Crippen LogP) is 4.03. The summed E-state index contributed by atoms with van der Waals surface area (Å²) in [7, 11) is 0. The van der Waals surface area contributed by atoms with E-state index in [1.165, 1.54) is 11.3 Å². The molecule has 0 saturated heterocycles. The highest BCUT2D eigenvalue weighted by molar-refractivity contribution is 7.12. The summed E-state index contributed by atoms with van der Waals surface area (Å²) >= 11 is 3.00. The van der Waals surface area contributed by atoms with Crippen molar-refractivity contribution in [1.82, 2.24) is 15.4 Å². The van der Waals surface area contributed by atoms with Crippen molar-refractivity contribution in [3.8, 4) is 0 Å². The third-order valence-electron chi connectivity index (χ3n) is 3.76. The van der Waals surface area contributed by atoms with Crippen LogP contribution in [0.15, 0.2) is 45.6 Å². The van der Waals surface area contributed by atoms with Crippen molar-refractivity contribution in [2.75, 3.05) is 6.54 Å². The second-order valence-electron chi connectivity index (χ2n) is 6.50. The quantitative estimate of drug-likeness (QED) is 0.616. The SMILES string of the molecule is CC(C)CNC(=O)c1cc(CN(Cc2cccs2)C(=O)c2cccs2)on1. The maximum absolute atomic E-state index is 12.9. The molecule has 142 valence electrons. The van der Waals surface area contributed by atoms with Gasteiger partial charge in [-0.05, 0) is 28.8 Å². The first-order valence-corrected chi connectivity index (χ1v) is 10.4. The summed E-state index contributed by atoms with van der Waals surface area (Å²) in [5.41, 5.74) is 0.227. The minimum absolute atomic E-state index is 0.0689. The lowest BCUT2D eigenvalue weighted by Gasteiger charge is -2.20. The summed E-state index contributed by atoms with van der Waals surface area (Å²) in [6, 6.07) is 9.20. The molecule has 2 amide bonds. The summed E-state index contributed by atoms with van der Waals surface area (Å²) in [6.45, 7) is 5.34. The van der Waals surface area contributed by atoms with Gasteiger partial charge in [-0.15, -0.1) is 22.7 Å². The Bertz CT molecular complexity index is 870. The number of carbonyl (C=O) groups excluding carboxylic acids is 2. The van der Waals surface area contributed by atoms with Crippen molar-refractivity contribution in [3.63, 3.8) is 0 Å². The number of hydrogen-bond acceptors (Lipinski definition) is 6. The normalized spacial score (nSPS) is 10.9. The molecule has 3 aromatic heterocycles. The fourth-order valence-electron chi connectivity index (χ4n) is 2.42. The number of carbonyl (C=O) groups is 2. The highest BCUT2D eigenvalue weighted by Gasteiger charge is 2.21. The Balaban J connectivity index is 1.72. The number of rotatable bonds is 8. The van der Waals surface area contributed by atoms with E-state index in [2.05, 4.69) is 10.5 Å². The Morgan fingerprint density at radius 1 is 1.19 bits per heavy atom. The predicted molar refractivity (Wildman–Crippen MR) is 106 cm³/mol. The Labute approximate surface area is 165 Å². The van der Waals surface area contributed by atoms with E-state index in [0.717, 1.165) is 4.88 Å². The summed E-state index contributed by atoms with van der Waals surface area (Å²) in [5, 5.41) is 10.5. The van der Waals surface area contributed by atoms with E-state index in [0.29, 0.717) is 29.6 Å². The van der Waals surface area contributed by atoms with E-state index < -0.39 is 0 Å². The first-order valence-electron chi connectivity index (χ1n) is 8.62. The van der Waals surface area contributed by atoms with Gasteiger partial charge in [0, 0.05) is 17.5 Å². The van der Waals surface area contributed by atoms with E-state index in [1.54, 1.807) is 28.4 Å². The van der Waals surface area contributed by atoms with Gasteiger partial charge < -0.3 is 14.7 Å². The van der Waals surface area contributed by atoms with Crippen LogP contribution in [-0.2, 0) is 13.1 Å². The van der Waals surface area contributed by atoms with Crippen LogP contribution in [0.3, 0.4) is 0 Å². The molecule has 6 nitrogen and oxygen atoms in total. The molecule has 0 saturated carbocycles. The van der Waals surface area contributed by atoms with Crippen molar-refractivity contribution >= 4 is 34.5 Å². The molecule has 3 rings (SSSR count). The number of nitrogens with zero attached hydrogens (tertiary/aromatic N) is 2. The standard InChI is InChI=1S/C19H21N3O3S2/c1-13(2)10-20-18(23)16-9-14(25-21-16)11-22(12-15-5-3-7-26-15)19(24)17-6-4-8-27-17/h3-9,13H,10-12H2,1-2H3,(H,20,23). The van der Waals surface area contributed by atoms with E-state index in [1.807, 2.05) is 42.8 Å². The molecule has 0 radical (unpaired) electrons. The number of aromatic nitrogens is 1. The molecule has 1 N–H and O–H groups in total. The van der Waals surface area contributed by atoms with E-state index >= 15 is 0 Å². The highest BCUT2D eigenvalue weighted by Crippen LogP contribution is 2.20. The summed E-state index contributed by atoms with van der Waals surface area (Å²) in [5.74, 6) is 0.491. The summed E-state index contributed by atoms with van der Waals surface area (Å²) < 4.78 is 5.31. The number of nitrogens with one attached hydrogen (secondary N) is 1. The Hall–Kier alpha value is -2.45. The van der Waals surface area contributed by atoms with Crippen LogP contribution in [0.1, 0.15) is 44.6 Å². The van der Waals surface area contributed by atoms with Gasteiger partial charge in [-0.3, -0.25) is 9.59 Å². The molecule has 0 aromatic carbocycles. The Morgan fingerprint density at radius 2 is 1.96 bits per heavy atom. The molecule has 3 aromatic rings. The van der Waals surface area contributed by atoms with Crippen LogP contribution in [0, 0.1) is 5.92 Å². The summed E-state index contributed by atoms with van der Waals surface area (Å²) in [4.78, 5) is 28.4. The van der Waals surface area contributed by atoms with E-state index in [-0.39, 0.29) is 24.1 Å². The van der Waals surface area contributed by atoms with Crippen molar-refractivity contribution in [2.24, 2.45) is 5.92 Å². The maximum Gasteiger partial charge on any atom is 0.273 e. The molecule has 0 aliphatic heterocycles. The molecular weight excluding hydrogens is 382 g/mol. The smallest absolute Gasteiger partial charge is 0.273 e. The van der Waals surface area contributed by atoms with Gasteiger partial charge in [0.05, 0.1) is 18.0 Å². The van der Waals surface area contributed by atoms with Gasteiger partial charge in [0.15, 0.2) is 11.5 Å². The third-order valence-corrected chi connectivity index (χ3v) is 5.47. The molecule has 0 fully saturated rings. The zero-order chi connectivity index (χ0) is 19.2. The lowest BCUT2D eigenvalue weighted by Crippen LogP contribution is -2.29. The fraction of sp³-hybridized carbons (Fsp3) is 0.316. The van der Waals surface area contributed by atoms with E-state index in [9.17, 15) is 9.59 Å². The van der Waals surface area contributed by atoms with Gasteiger partial charge in [-0.2, -0.15) is 0 Å². The molecule has 0 aliphatic rings. The number of amides is 2. The first-order chi connectivity index (χ1) is 13.0. The maximum atomic E-state index is 12.9. The van der Waals surface area contributed by atoms with Gasteiger partial charge >= 0.3 is 0 Å². The van der Waals surface area contributed by atoms with Gasteiger partial charge in [0.2, 0.25) is 0 Å². The number of thiophene rings is 2. The number of hydrogen-bond donors (Lipinski definition) is 1. The van der Waals surface area contributed by atoms with Crippen LogP contribution in [0.4, 0.5) is 0 Å².